The maximum absolute atomic E-state index is 6.18. The smallest absolute Gasteiger partial charge is 0.135 e. The molecule has 1 aliphatic carbocycles. The summed E-state index contributed by atoms with van der Waals surface area (Å²) in [5.41, 5.74) is 0. The van der Waals surface area contributed by atoms with Gasteiger partial charge in [-0.2, -0.15) is 0 Å². The monoisotopic (exact) mass is 296 g/mol. The Hall–Kier alpha value is -0.870. The number of hydrogen-bond donors (Lipinski definition) is 0. The van der Waals surface area contributed by atoms with Crippen LogP contribution in [0.4, 0.5) is 5.82 Å². The first kappa shape index (κ1) is 15.5. The molecule has 1 aromatic rings. The van der Waals surface area contributed by atoms with Gasteiger partial charge in [0, 0.05) is 31.6 Å². The summed E-state index contributed by atoms with van der Waals surface area (Å²) in [5, 5.41) is 0.565. The zero-order valence-corrected chi connectivity index (χ0v) is 13.7. The van der Waals surface area contributed by atoms with Gasteiger partial charge in [0.2, 0.25) is 0 Å². The van der Waals surface area contributed by atoms with Gasteiger partial charge in [0.05, 0.1) is 0 Å². The molecule has 0 radical (unpaired) electrons. The second-order valence-corrected chi connectivity index (χ2v) is 6.71. The molecule has 1 aliphatic rings. The van der Waals surface area contributed by atoms with Crippen molar-refractivity contribution in [3.05, 3.63) is 17.0 Å². The molecule has 0 saturated heterocycles. The van der Waals surface area contributed by atoms with E-state index in [0.717, 1.165) is 31.3 Å². The van der Waals surface area contributed by atoms with E-state index >= 15 is 0 Å². The Balaban J connectivity index is 2.17. The summed E-state index contributed by atoms with van der Waals surface area (Å²) in [6, 6.07) is 1.89. The molecule has 0 atom stereocenters. The van der Waals surface area contributed by atoms with Crippen LogP contribution >= 0.6 is 11.6 Å². The van der Waals surface area contributed by atoms with Gasteiger partial charge in [-0.1, -0.05) is 25.4 Å². The minimum atomic E-state index is 0.530. The average Bonchev–Trinajstić information content (AvgIpc) is 3.17. The van der Waals surface area contributed by atoms with E-state index in [9.17, 15) is 0 Å². The molecule has 2 rings (SSSR count). The second kappa shape index (κ2) is 6.72. The number of nitrogens with zero attached hydrogens (tertiary/aromatic N) is 4. The van der Waals surface area contributed by atoms with Crippen molar-refractivity contribution in [2.24, 2.45) is 5.92 Å². The van der Waals surface area contributed by atoms with Crippen molar-refractivity contribution in [3.63, 3.8) is 0 Å². The Bertz CT molecular complexity index is 443. The fourth-order valence-electron chi connectivity index (χ4n) is 2.17. The first-order chi connectivity index (χ1) is 9.45. The van der Waals surface area contributed by atoms with Crippen molar-refractivity contribution < 1.29 is 0 Å². The van der Waals surface area contributed by atoms with Gasteiger partial charge in [-0.15, -0.1) is 0 Å². The Labute approximate surface area is 127 Å². The number of rotatable bonds is 7. The number of hydrogen-bond acceptors (Lipinski definition) is 4. The molecule has 1 aromatic heterocycles. The lowest BCUT2D eigenvalue weighted by Gasteiger charge is -2.27. The number of aromatic nitrogens is 2. The molecule has 0 N–H and O–H groups in total. The van der Waals surface area contributed by atoms with E-state index in [1.54, 1.807) is 0 Å². The molecule has 0 aliphatic heterocycles. The van der Waals surface area contributed by atoms with Crippen molar-refractivity contribution in [1.82, 2.24) is 14.9 Å². The molecule has 0 aromatic carbocycles. The van der Waals surface area contributed by atoms with Gasteiger partial charge < -0.3 is 9.80 Å². The predicted molar refractivity (Wildman–Crippen MR) is 84.6 cm³/mol. The van der Waals surface area contributed by atoms with Gasteiger partial charge in [0.1, 0.15) is 16.8 Å². The summed E-state index contributed by atoms with van der Waals surface area (Å²) in [7, 11) is 4.19. The molecule has 4 nitrogen and oxygen atoms in total. The highest BCUT2D eigenvalue weighted by molar-refractivity contribution is 6.29. The van der Waals surface area contributed by atoms with Crippen molar-refractivity contribution >= 4 is 17.4 Å². The third kappa shape index (κ3) is 4.60. The lowest BCUT2D eigenvalue weighted by Crippen LogP contribution is -2.35. The predicted octanol–water partition coefficient (Wildman–Crippen LogP) is 3.03. The number of halogens is 1. The lowest BCUT2D eigenvalue weighted by molar-refractivity contribution is 0.408. The molecule has 112 valence electrons. The van der Waals surface area contributed by atoms with E-state index in [4.69, 9.17) is 16.6 Å². The molecule has 5 heteroatoms. The van der Waals surface area contributed by atoms with Gasteiger partial charge in [-0.3, -0.25) is 0 Å². The van der Waals surface area contributed by atoms with Crippen LogP contribution in [0.15, 0.2) is 6.07 Å². The Morgan fingerprint density at radius 2 is 1.95 bits per heavy atom. The summed E-state index contributed by atoms with van der Waals surface area (Å²) >= 11 is 6.18. The molecule has 1 heterocycles. The molecule has 0 bridgehead atoms. The van der Waals surface area contributed by atoms with E-state index in [-0.39, 0.29) is 0 Å². The van der Waals surface area contributed by atoms with Gasteiger partial charge in [0.25, 0.3) is 0 Å². The topological polar surface area (TPSA) is 32.3 Å². The van der Waals surface area contributed by atoms with Gasteiger partial charge >= 0.3 is 0 Å². The van der Waals surface area contributed by atoms with Crippen LogP contribution in [0.3, 0.4) is 0 Å². The highest BCUT2D eigenvalue weighted by atomic mass is 35.5. The standard InChI is InChI=1S/C15H25ClN4/c1-11(2)10-20(8-7-19(3)4)14-9-13(16)17-15(18-14)12-5-6-12/h9,11-12H,5-8,10H2,1-4H3. The molecule has 1 saturated carbocycles. The van der Waals surface area contributed by atoms with E-state index < -0.39 is 0 Å². The van der Waals surface area contributed by atoms with Crippen LogP contribution in [0.5, 0.6) is 0 Å². The fourth-order valence-corrected chi connectivity index (χ4v) is 2.35. The van der Waals surface area contributed by atoms with Gasteiger partial charge in [0.15, 0.2) is 0 Å². The maximum atomic E-state index is 6.18. The van der Waals surface area contributed by atoms with Crippen molar-refractivity contribution in [2.45, 2.75) is 32.6 Å². The lowest BCUT2D eigenvalue weighted by atomic mass is 10.2. The minimum absolute atomic E-state index is 0.530. The van der Waals surface area contributed by atoms with Crippen LogP contribution in [-0.2, 0) is 0 Å². The molecule has 0 spiro atoms. The van der Waals surface area contributed by atoms with Crippen LogP contribution in [0.2, 0.25) is 5.15 Å². The van der Waals surface area contributed by atoms with Crippen LogP contribution in [-0.4, -0.2) is 48.6 Å². The van der Waals surface area contributed by atoms with E-state index in [2.05, 4.69) is 42.7 Å². The third-order valence-electron chi connectivity index (χ3n) is 3.37. The number of anilines is 1. The molecule has 0 amide bonds. The summed E-state index contributed by atoms with van der Waals surface area (Å²) in [6.07, 6.45) is 2.39. The summed E-state index contributed by atoms with van der Waals surface area (Å²) in [6.45, 7) is 7.42. The first-order valence-corrected chi connectivity index (χ1v) is 7.77. The van der Waals surface area contributed by atoms with Crippen molar-refractivity contribution in [1.29, 1.82) is 0 Å². The van der Waals surface area contributed by atoms with Crippen LogP contribution in [0.25, 0.3) is 0 Å². The normalized spacial score (nSPS) is 15.2. The quantitative estimate of drug-likeness (QED) is 0.724. The largest absolute Gasteiger partial charge is 0.355 e. The molecule has 20 heavy (non-hydrogen) atoms. The van der Waals surface area contributed by atoms with E-state index in [1.165, 1.54) is 12.8 Å². The van der Waals surface area contributed by atoms with Crippen LogP contribution in [0.1, 0.15) is 38.4 Å². The average molecular weight is 297 g/mol. The summed E-state index contributed by atoms with van der Waals surface area (Å²) < 4.78 is 0. The minimum Gasteiger partial charge on any atom is -0.355 e. The number of likely N-dealkylation sites (N-methyl/N-ethyl adjacent to an activating group) is 1. The zero-order valence-electron chi connectivity index (χ0n) is 12.9. The molecular formula is C15H25ClN4. The van der Waals surface area contributed by atoms with E-state index in [1.807, 2.05) is 6.07 Å². The van der Waals surface area contributed by atoms with Crippen molar-refractivity contribution in [2.75, 3.05) is 38.6 Å². The Morgan fingerprint density at radius 3 is 2.50 bits per heavy atom. The van der Waals surface area contributed by atoms with Crippen LogP contribution < -0.4 is 4.90 Å². The summed E-state index contributed by atoms with van der Waals surface area (Å²) in [4.78, 5) is 13.6. The highest BCUT2D eigenvalue weighted by Gasteiger charge is 2.28. The highest BCUT2D eigenvalue weighted by Crippen LogP contribution is 2.39. The van der Waals surface area contributed by atoms with Crippen LogP contribution in [0, 0.1) is 5.92 Å². The second-order valence-electron chi connectivity index (χ2n) is 6.32. The fraction of sp³-hybridized carbons (Fsp3) is 0.733. The Kier molecular flexibility index (Phi) is 5.22. The summed E-state index contributed by atoms with van der Waals surface area (Å²) in [5.74, 6) is 3.02. The Morgan fingerprint density at radius 1 is 1.25 bits per heavy atom. The molecule has 0 unspecified atom stereocenters. The molecular weight excluding hydrogens is 272 g/mol. The van der Waals surface area contributed by atoms with Gasteiger partial charge in [-0.25, -0.2) is 9.97 Å². The maximum Gasteiger partial charge on any atom is 0.135 e. The zero-order chi connectivity index (χ0) is 14.7. The van der Waals surface area contributed by atoms with Gasteiger partial charge in [-0.05, 0) is 32.9 Å². The first-order valence-electron chi connectivity index (χ1n) is 7.40. The SMILES string of the molecule is CC(C)CN(CCN(C)C)c1cc(Cl)nc(C2CC2)n1. The van der Waals surface area contributed by atoms with Crippen molar-refractivity contribution in [3.8, 4) is 0 Å². The third-order valence-corrected chi connectivity index (χ3v) is 3.56. The van der Waals surface area contributed by atoms with E-state index in [0.29, 0.717) is 17.0 Å². The molecule has 1 fully saturated rings.